The van der Waals surface area contributed by atoms with E-state index in [9.17, 15) is 5.11 Å². The molecule has 0 spiro atoms. The summed E-state index contributed by atoms with van der Waals surface area (Å²) in [6.07, 6.45) is 1.80. The molecule has 0 bridgehead atoms. The molecule has 0 atom stereocenters. The summed E-state index contributed by atoms with van der Waals surface area (Å²) in [7, 11) is 0. The largest absolute Gasteiger partial charge is 0.508 e. The van der Waals surface area contributed by atoms with Gasteiger partial charge >= 0.3 is 0 Å². The zero-order valence-electron chi connectivity index (χ0n) is 16.5. The number of phenolic OH excluding ortho intramolecular Hbond substituents is 1. The van der Waals surface area contributed by atoms with Crippen LogP contribution in [0.4, 0.5) is 0 Å². The first-order chi connectivity index (χ1) is 15.1. The van der Waals surface area contributed by atoms with Crippen LogP contribution in [0.5, 0.6) is 17.2 Å². The maximum Gasteiger partial charge on any atom is 0.136 e. The number of aryl methyl sites for hydroxylation is 1. The van der Waals surface area contributed by atoms with E-state index in [-0.39, 0.29) is 5.75 Å². The first-order valence-electron chi connectivity index (χ1n) is 9.63. The predicted octanol–water partition coefficient (Wildman–Crippen LogP) is 5.94. The van der Waals surface area contributed by atoms with Crippen LogP contribution in [0.25, 0.3) is 28.0 Å². The molecule has 0 aliphatic carbocycles. The van der Waals surface area contributed by atoms with Gasteiger partial charge in [-0.2, -0.15) is 0 Å². The Kier molecular flexibility index (Phi) is 4.76. The molecule has 0 aliphatic heterocycles. The summed E-state index contributed by atoms with van der Waals surface area (Å²) < 4.78 is 7.71. The van der Waals surface area contributed by atoms with E-state index in [2.05, 4.69) is 10.3 Å². The Labute approximate surface area is 183 Å². The SMILES string of the molecule is Cc1ccc(Oc2cccc3nc(-c4cn(-c5ccc(O)cc5)nn4)ccc23)cc1Cl. The number of ether oxygens (including phenoxy) is 1. The van der Waals surface area contributed by atoms with Gasteiger partial charge in [-0.15, -0.1) is 5.10 Å². The Morgan fingerprint density at radius 1 is 0.935 bits per heavy atom. The summed E-state index contributed by atoms with van der Waals surface area (Å²) in [6, 6.07) is 21.9. The van der Waals surface area contributed by atoms with Crippen molar-refractivity contribution in [2.75, 3.05) is 0 Å². The number of hydrogen-bond acceptors (Lipinski definition) is 5. The third-order valence-corrected chi connectivity index (χ3v) is 5.34. The topological polar surface area (TPSA) is 73.1 Å². The van der Waals surface area contributed by atoms with Crippen LogP contribution in [0.3, 0.4) is 0 Å². The Morgan fingerprint density at radius 3 is 2.58 bits per heavy atom. The third kappa shape index (κ3) is 3.81. The smallest absolute Gasteiger partial charge is 0.136 e. The number of nitrogens with zero attached hydrogens (tertiary/aromatic N) is 4. The lowest BCUT2D eigenvalue weighted by Crippen LogP contribution is -1.93. The van der Waals surface area contributed by atoms with Crippen molar-refractivity contribution in [2.45, 2.75) is 6.92 Å². The van der Waals surface area contributed by atoms with Crippen LogP contribution >= 0.6 is 11.6 Å². The van der Waals surface area contributed by atoms with Gasteiger partial charge < -0.3 is 9.84 Å². The number of halogens is 1. The molecule has 2 heterocycles. The average molecular weight is 429 g/mol. The van der Waals surface area contributed by atoms with Crippen molar-refractivity contribution in [1.29, 1.82) is 0 Å². The van der Waals surface area contributed by atoms with E-state index in [0.717, 1.165) is 22.2 Å². The molecule has 0 aliphatic rings. The van der Waals surface area contributed by atoms with Crippen LogP contribution < -0.4 is 4.74 Å². The predicted molar refractivity (Wildman–Crippen MR) is 120 cm³/mol. The second-order valence-corrected chi connectivity index (χ2v) is 7.50. The van der Waals surface area contributed by atoms with Gasteiger partial charge in [-0.25, -0.2) is 9.67 Å². The second kappa shape index (κ2) is 7.74. The Morgan fingerprint density at radius 2 is 1.77 bits per heavy atom. The van der Waals surface area contributed by atoms with Crippen molar-refractivity contribution in [1.82, 2.24) is 20.0 Å². The lowest BCUT2D eigenvalue weighted by Gasteiger charge is -2.10. The Balaban J connectivity index is 1.47. The molecular formula is C24H17ClN4O2. The quantitative estimate of drug-likeness (QED) is 0.383. The third-order valence-electron chi connectivity index (χ3n) is 4.93. The standard InChI is InChI=1S/C24H17ClN4O2/c1-15-5-10-18(13-20(15)25)31-24-4-2-3-21-19(24)11-12-22(26-21)23-14-29(28-27-23)16-6-8-17(30)9-7-16/h2-14,30H,1H3. The van der Waals surface area contributed by atoms with Gasteiger partial charge in [0.1, 0.15) is 22.9 Å². The molecule has 0 saturated carbocycles. The van der Waals surface area contributed by atoms with Gasteiger partial charge in [-0.1, -0.05) is 28.9 Å². The summed E-state index contributed by atoms with van der Waals surface area (Å²) in [5.41, 5.74) is 3.93. The number of benzene rings is 3. The molecule has 0 amide bonds. The van der Waals surface area contributed by atoms with E-state index in [1.807, 2.05) is 49.4 Å². The maximum atomic E-state index is 9.46. The number of pyridine rings is 1. The van der Waals surface area contributed by atoms with Crippen molar-refractivity contribution in [3.63, 3.8) is 0 Å². The molecular weight excluding hydrogens is 412 g/mol. The fourth-order valence-corrected chi connectivity index (χ4v) is 3.41. The van der Waals surface area contributed by atoms with Crippen molar-refractivity contribution in [2.24, 2.45) is 0 Å². The van der Waals surface area contributed by atoms with Gasteiger partial charge in [0.2, 0.25) is 0 Å². The van der Waals surface area contributed by atoms with Gasteiger partial charge in [0, 0.05) is 10.4 Å². The van der Waals surface area contributed by atoms with Gasteiger partial charge in [-0.05, 0) is 73.2 Å². The van der Waals surface area contributed by atoms with Gasteiger partial charge in [0.05, 0.1) is 23.1 Å². The Hall–Kier alpha value is -3.90. The highest BCUT2D eigenvalue weighted by atomic mass is 35.5. The molecule has 3 aromatic carbocycles. The Bertz CT molecular complexity index is 1400. The van der Waals surface area contributed by atoms with Crippen LogP contribution in [-0.4, -0.2) is 25.1 Å². The molecule has 6 nitrogen and oxygen atoms in total. The second-order valence-electron chi connectivity index (χ2n) is 7.10. The summed E-state index contributed by atoms with van der Waals surface area (Å²) in [6.45, 7) is 1.95. The van der Waals surface area contributed by atoms with E-state index < -0.39 is 0 Å². The number of hydrogen-bond donors (Lipinski definition) is 1. The lowest BCUT2D eigenvalue weighted by molar-refractivity contribution is 0.475. The highest BCUT2D eigenvalue weighted by molar-refractivity contribution is 6.31. The zero-order valence-corrected chi connectivity index (χ0v) is 17.3. The van der Waals surface area contributed by atoms with Crippen molar-refractivity contribution >= 4 is 22.5 Å². The normalized spacial score (nSPS) is 11.0. The molecule has 0 saturated heterocycles. The molecule has 31 heavy (non-hydrogen) atoms. The molecule has 0 radical (unpaired) electrons. The molecule has 5 aromatic rings. The first-order valence-corrected chi connectivity index (χ1v) is 10.0. The van der Waals surface area contributed by atoms with Crippen molar-refractivity contribution in [3.8, 4) is 34.3 Å². The van der Waals surface area contributed by atoms with E-state index in [1.54, 1.807) is 41.2 Å². The zero-order chi connectivity index (χ0) is 21.4. The van der Waals surface area contributed by atoms with Crippen LogP contribution in [0.1, 0.15) is 5.56 Å². The fourth-order valence-electron chi connectivity index (χ4n) is 3.24. The van der Waals surface area contributed by atoms with Crippen LogP contribution in [0, 0.1) is 6.92 Å². The number of phenols is 1. The minimum absolute atomic E-state index is 0.200. The number of fused-ring (bicyclic) bond motifs is 1. The monoisotopic (exact) mass is 428 g/mol. The van der Waals surface area contributed by atoms with Crippen LogP contribution in [-0.2, 0) is 0 Å². The average Bonchev–Trinajstić information content (AvgIpc) is 3.27. The molecule has 0 fully saturated rings. The lowest BCUT2D eigenvalue weighted by atomic mass is 10.1. The number of aromatic nitrogens is 4. The molecule has 152 valence electrons. The maximum absolute atomic E-state index is 9.46. The first kappa shape index (κ1) is 19.1. The molecule has 7 heteroatoms. The summed E-state index contributed by atoms with van der Waals surface area (Å²) in [5.74, 6) is 1.57. The van der Waals surface area contributed by atoms with Crippen LogP contribution in [0.2, 0.25) is 5.02 Å². The molecule has 1 N–H and O–H groups in total. The van der Waals surface area contributed by atoms with Crippen molar-refractivity contribution < 1.29 is 9.84 Å². The highest BCUT2D eigenvalue weighted by Crippen LogP contribution is 2.32. The van der Waals surface area contributed by atoms with E-state index in [1.165, 1.54) is 0 Å². The summed E-state index contributed by atoms with van der Waals surface area (Å²) in [4.78, 5) is 4.74. The van der Waals surface area contributed by atoms with E-state index >= 15 is 0 Å². The van der Waals surface area contributed by atoms with E-state index in [0.29, 0.717) is 27.9 Å². The highest BCUT2D eigenvalue weighted by Gasteiger charge is 2.11. The summed E-state index contributed by atoms with van der Waals surface area (Å²) >= 11 is 6.22. The van der Waals surface area contributed by atoms with Crippen LogP contribution in [0.15, 0.2) is 79.0 Å². The van der Waals surface area contributed by atoms with Gasteiger partial charge in [0.25, 0.3) is 0 Å². The van der Waals surface area contributed by atoms with E-state index in [4.69, 9.17) is 21.3 Å². The minimum atomic E-state index is 0.200. The molecule has 0 unspecified atom stereocenters. The van der Waals surface area contributed by atoms with Crippen molar-refractivity contribution in [3.05, 3.63) is 89.6 Å². The summed E-state index contributed by atoms with van der Waals surface area (Å²) in [5, 5.41) is 19.4. The molecule has 5 rings (SSSR count). The fraction of sp³-hybridized carbons (Fsp3) is 0.0417. The minimum Gasteiger partial charge on any atom is -0.508 e. The molecule has 2 aromatic heterocycles. The number of aromatic hydroxyl groups is 1. The van der Waals surface area contributed by atoms with Gasteiger partial charge in [-0.3, -0.25) is 0 Å². The number of rotatable bonds is 4. The van der Waals surface area contributed by atoms with Gasteiger partial charge in [0.15, 0.2) is 0 Å².